The van der Waals surface area contributed by atoms with Crippen molar-refractivity contribution in [1.82, 2.24) is 10.3 Å². The lowest BCUT2D eigenvalue weighted by molar-refractivity contribution is 0.0945. The highest BCUT2D eigenvalue weighted by Gasteiger charge is 2.30. The molecular formula is C16H17ClN2OS. The first kappa shape index (κ1) is 14.7. The molecule has 1 unspecified atom stereocenters. The topological polar surface area (TPSA) is 42.0 Å². The van der Waals surface area contributed by atoms with Crippen molar-refractivity contribution in [2.75, 3.05) is 12.3 Å². The van der Waals surface area contributed by atoms with Crippen LogP contribution in [0.1, 0.15) is 30.3 Å². The average Bonchev–Trinajstić information content (AvgIpc) is 2.92. The van der Waals surface area contributed by atoms with Crippen LogP contribution in [-0.4, -0.2) is 27.9 Å². The molecule has 0 radical (unpaired) electrons. The minimum atomic E-state index is -0.156. The summed E-state index contributed by atoms with van der Waals surface area (Å²) in [6.45, 7) is 2.87. The molecule has 1 aromatic carbocycles. The predicted octanol–water partition coefficient (Wildman–Crippen LogP) is 3.90. The summed E-state index contributed by atoms with van der Waals surface area (Å²) in [5.74, 6) is 1.02. The lowest BCUT2D eigenvalue weighted by atomic mass is 10.1. The molecule has 2 heterocycles. The molecule has 21 heavy (non-hydrogen) atoms. The summed E-state index contributed by atoms with van der Waals surface area (Å²) < 4.78 is 0.149. The molecule has 2 aromatic rings. The Balaban J connectivity index is 1.78. The van der Waals surface area contributed by atoms with Crippen LogP contribution in [0.3, 0.4) is 0 Å². The Hall–Kier alpha value is -1.26. The van der Waals surface area contributed by atoms with Crippen molar-refractivity contribution in [2.45, 2.75) is 24.5 Å². The normalized spacial score (nSPS) is 21.6. The van der Waals surface area contributed by atoms with E-state index >= 15 is 0 Å². The molecule has 0 saturated carbocycles. The Bertz CT molecular complexity index is 683. The number of carbonyl (C=O) groups is 1. The standard InChI is InChI=1S/C16H17ClN2OS/c1-16(7-4-8-21-16)10-18-15(20)14-9-12(17)11-5-2-3-6-13(11)19-14/h2-3,5-6,9H,4,7-8,10H2,1H3,(H,18,20). The summed E-state index contributed by atoms with van der Waals surface area (Å²) in [5, 5.41) is 4.42. The third-order valence-electron chi connectivity index (χ3n) is 3.82. The molecule has 110 valence electrons. The van der Waals surface area contributed by atoms with Crippen LogP contribution in [-0.2, 0) is 0 Å². The zero-order valence-corrected chi connectivity index (χ0v) is 13.4. The van der Waals surface area contributed by atoms with Crippen LogP contribution < -0.4 is 5.32 Å². The van der Waals surface area contributed by atoms with Gasteiger partial charge in [-0.15, -0.1) is 0 Å². The molecule has 1 aliphatic heterocycles. The number of benzene rings is 1. The van der Waals surface area contributed by atoms with E-state index in [0.717, 1.165) is 17.3 Å². The van der Waals surface area contributed by atoms with Gasteiger partial charge in [-0.3, -0.25) is 4.79 Å². The molecule has 1 N–H and O–H groups in total. The molecular weight excluding hydrogens is 304 g/mol. The molecule has 3 rings (SSSR count). The molecule has 1 atom stereocenters. The van der Waals surface area contributed by atoms with Crippen LogP contribution in [0.25, 0.3) is 10.9 Å². The van der Waals surface area contributed by atoms with Crippen LogP contribution in [0.2, 0.25) is 5.02 Å². The number of carbonyl (C=O) groups excluding carboxylic acids is 1. The van der Waals surface area contributed by atoms with Gasteiger partial charge < -0.3 is 5.32 Å². The fraction of sp³-hybridized carbons (Fsp3) is 0.375. The SMILES string of the molecule is CC1(CNC(=O)c2cc(Cl)c3ccccc3n2)CCCS1. The lowest BCUT2D eigenvalue weighted by Gasteiger charge is -2.22. The number of nitrogens with zero attached hydrogens (tertiary/aromatic N) is 1. The van der Waals surface area contributed by atoms with Gasteiger partial charge in [0.2, 0.25) is 0 Å². The van der Waals surface area contributed by atoms with E-state index in [4.69, 9.17) is 11.6 Å². The first-order valence-corrected chi connectivity index (χ1v) is 8.41. The average molecular weight is 321 g/mol. The van der Waals surface area contributed by atoms with Gasteiger partial charge in [0.25, 0.3) is 5.91 Å². The van der Waals surface area contributed by atoms with Crippen LogP contribution in [0, 0.1) is 0 Å². The third-order valence-corrected chi connectivity index (χ3v) is 5.67. The Morgan fingerprint density at radius 3 is 3.05 bits per heavy atom. The largest absolute Gasteiger partial charge is 0.349 e. The molecule has 1 fully saturated rings. The Labute approximate surface area is 133 Å². The van der Waals surface area contributed by atoms with Crippen LogP contribution >= 0.6 is 23.4 Å². The van der Waals surface area contributed by atoms with Crippen molar-refractivity contribution in [3.8, 4) is 0 Å². The van der Waals surface area contributed by atoms with Crippen molar-refractivity contribution >= 4 is 40.2 Å². The molecule has 1 saturated heterocycles. The van der Waals surface area contributed by atoms with Crippen molar-refractivity contribution in [3.63, 3.8) is 0 Å². The highest BCUT2D eigenvalue weighted by atomic mass is 35.5. The Morgan fingerprint density at radius 2 is 2.29 bits per heavy atom. The maximum absolute atomic E-state index is 12.3. The van der Waals surface area contributed by atoms with Gasteiger partial charge in [-0.25, -0.2) is 4.98 Å². The molecule has 0 bridgehead atoms. The van der Waals surface area contributed by atoms with Crippen molar-refractivity contribution in [3.05, 3.63) is 41.0 Å². The molecule has 1 amide bonds. The highest BCUT2D eigenvalue weighted by molar-refractivity contribution is 8.00. The summed E-state index contributed by atoms with van der Waals surface area (Å²) >= 11 is 8.16. The zero-order valence-electron chi connectivity index (χ0n) is 11.9. The van der Waals surface area contributed by atoms with Crippen LogP contribution in [0.4, 0.5) is 0 Å². The van der Waals surface area contributed by atoms with E-state index in [1.165, 1.54) is 12.2 Å². The molecule has 5 heteroatoms. The summed E-state index contributed by atoms with van der Waals surface area (Å²) in [4.78, 5) is 16.7. The van der Waals surface area contributed by atoms with Gasteiger partial charge in [-0.05, 0) is 37.7 Å². The van der Waals surface area contributed by atoms with E-state index in [2.05, 4.69) is 17.2 Å². The minimum Gasteiger partial charge on any atom is -0.349 e. The monoisotopic (exact) mass is 320 g/mol. The number of thioether (sulfide) groups is 1. The van der Waals surface area contributed by atoms with E-state index in [1.807, 2.05) is 36.0 Å². The van der Waals surface area contributed by atoms with E-state index in [9.17, 15) is 4.79 Å². The number of nitrogens with one attached hydrogen (secondary N) is 1. The predicted molar refractivity (Wildman–Crippen MR) is 89.2 cm³/mol. The Morgan fingerprint density at radius 1 is 1.48 bits per heavy atom. The third kappa shape index (κ3) is 3.16. The maximum atomic E-state index is 12.3. The number of halogens is 1. The van der Waals surface area contributed by atoms with Gasteiger partial charge in [0.1, 0.15) is 5.69 Å². The van der Waals surface area contributed by atoms with Gasteiger partial charge in [0, 0.05) is 16.7 Å². The summed E-state index contributed by atoms with van der Waals surface area (Å²) in [7, 11) is 0. The number of fused-ring (bicyclic) bond motifs is 1. The first-order chi connectivity index (χ1) is 10.1. The summed E-state index contributed by atoms with van der Waals surface area (Å²) in [5.41, 5.74) is 1.13. The fourth-order valence-electron chi connectivity index (χ4n) is 2.58. The van der Waals surface area contributed by atoms with Crippen LogP contribution in [0.15, 0.2) is 30.3 Å². The second kappa shape index (κ2) is 5.85. The number of rotatable bonds is 3. The fourth-order valence-corrected chi connectivity index (χ4v) is 4.09. The smallest absolute Gasteiger partial charge is 0.270 e. The summed E-state index contributed by atoms with van der Waals surface area (Å²) in [6.07, 6.45) is 2.36. The van der Waals surface area contributed by atoms with Crippen molar-refractivity contribution < 1.29 is 4.79 Å². The summed E-state index contributed by atoms with van der Waals surface area (Å²) in [6, 6.07) is 9.22. The number of para-hydroxylation sites is 1. The quantitative estimate of drug-likeness (QED) is 0.932. The molecule has 0 aliphatic carbocycles. The van der Waals surface area contributed by atoms with E-state index in [-0.39, 0.29) is 10.7 Å². The van der Waals surface area contributed by atoms with E-state index in [1.54, 1.807) is 6.07 Å². The van der Waals surface area contributed by atoms with Crippen molar-refractivity contribution in [1.29, 1.82) is 0 Å². The Kier molecular flexibility index (Phi) is 4.09. The number of hydrogen-bond acceptors (Lipinski definition) is 3. The van der Waals surface area contributed by atoms with Gasteiger partial charge in [0.05, 0.1) is 10.5 Å². The lowest BCUT2D eigenvalue weighted by Crippen LogP contribution is -2.37. The van der Waals surface area contributed by atoms with Gasteiger partial charge in [-0.1, -0.05) is 29.8 Å². The number of pyridine rings is 1. The zero-order chi connectivity index (χ0) is 14.9. The van der Waals surface area contributed by atoms with E-state index < -0.39 is 0 Å². The first-order valence-electron chi connectivity index (χ1n) is 7.05. The van der Waals surface area contributed by atoms with Crippen molar-refractivity contribution in [2.24, 2.45) is 0 Å². The number of aromatic nitrogens is 1. The second-order valence-electron chi connectivity index (χ2n) is 5.59. The molecule has 1 aliphatic rings. The maximum Gasteiger partial charge on any atom is 0.270 e. The number of amides is 1. The minimum absolute atomic E-state index is 0.149. The molecule has 3 nitrogen and oxygen atoms in total. The second-order valence-corrected chi connectivity index (χ2v) is 7.68. The number of hydrogen-bond donors (Lipinski definition) is 1. The van der Waals surface area contributed by atoms with Gasteiger partial charge >= 0.3 is 0 Å². The van der Waals surface area contributed by atoms with Crippen LogP contribution in [0.5, 0.6) is 0 Å². The highest BCUT2D eigenvalue weighted by Crippen LogP contribution is 2.37. The van der Waals surface area contributed by atoms with E-state index in [0.29, 0.717) is 17.3 Å². The van der Waals surface area contributed by atoms with Gasteiger partial charge in [0.15, 0.2) is 0 Å². The molecule has 1 aromatic heterocycles. The van der Waals surface area contributed by atoms with Gasteiger partial charge in [-0.2, -0.15) is 11.8 Å². The molecule has 0 spiro atoms.